The third-order valence-electron chi connectivity index (χ3n) is 12.0. The van der Waals surface area contributed by atoms with Crippen LogP contribution in [0.4, 0.5) is 0 Å². The molecule has 11 aromatic rings. The molecule has 0 N–H and O–H groups in total. The summed E-state index contributed by atoms with van der Waals surface area (Å²) in [6.45, 7) is 0. The third-order valence-corrected chi connectivity index (χ3v) is 12.0. The predicted molar refractivity (Wildman–Crippen MR) is 246 cm³/mol. The summed E-state index contributed by atoms with van der Waals surface area (Å²) < 4.78 is 8.94. The van der Waals surface area contributed by atoms with Gasteiger partial charge in [-0.2, -0.15) is 0 Å². The second kappa shape index (κ2) is 13.9. The molecular weight excluding hydrogens is 733 g/mol. The largest absolute Gasteiger partial charge is 0.456 e. The van der Waals surface area contributed by atoms with Crippen molar-refractivity contribution in [3.8, 4) is 50.7 Å². The highest BCUT2D eigenvalue weighted by Crippen LogP contribution is 2.39. The highest BCUT2D eigenvalue weighted by molar-refractivity contribution is 6.14. The van der Waals surface area contributed by atoms with Crippen LogP contribution in [0.3, 0.4) is 0 Å². The zero-order valence-corrected chi connectivity index (χ0v) is 32.5. The van der Waals surface area contributed by atoms with E-state index < -0.39 is 0 Å². The zero-order valence-electron chi connectivity index (χ0n) is 32.5. The van der Waals surface area contributed by atoms with Gasteiger partial charge in [-0.3, -0.25) is 0 Å². The van der Waals surface area contributed by atoms with Crippen molar-refractivity contribution < 1.29 is 4.42 Å². The standard InChI is InChI=1S/C55H36N4O/c1-3-12-38(13-4-1)53-56-54(39-14-5-2-6-15-39)58-55(57-53)46-19-11-21-50-52(46)45-31-28-42(34-51(45)60-50)37-24-22-35(23-25-37)36-26-29-43(30-27-36)59-48-20-10-9-18-44(48)47-32-40-16-7-8-17-41(40)33-49(47)59/h1-14,16-34,39H,15H2. The first-order valence-corrected chi connectivity index (χ1v) is 20.5. The van der Waals surface area contributed by atoms with Gasteiger partial charge in [0.15, 0.2) is 11.6 Å². The first kappa shape index (κ1) is 34.2. The Morgan fingerprint density at radius 1 is 0.467 bits per heavy atom. The predicted octanol–water partition coefficient (Wildman–Crippen LogP) is 14.3. The molecule has 1 unspecified atom stereocenters. The van der Waals surface area contributed by atoms with Gasteiger partial charge in [-0.25, -0.2) is 15.0 Å². The molecule has 0 spiro atoms. The molecule has 0 fully saturated rings. The van der Waals surface area contributed by atoms with Crippen molar-refractivity contribution in [1.29, 1.82) is 0 Å². The number of aromatic nitrogens is 4. The van der Waals surface area contributed by atoms with E-state index in [1.54, 1.807) is 0 Å². The summed E-state index contributed by atoms with van der Waals surface area (Å²) in [5.74, 6) is 2.16. The maximum Gasteiger partial charge on any atom is 0.164 e. The molecule has 1 aliphatic carbocycles. The van der Waals surface area contributed by atoms with Gasteiger partial charge in [0.25, 0.3) is 0 Å². The minimum absolute atomic E-state index is 0.0838. The fraction of sp³-hybridized carbons (Fsp3) is 0.0364. The van der Waals surface area contributed by atoms with E-state index in [0.717, 1.165) is 62.1 Å². The minimum atomic E-state index is 0.0838. The number of hydrogen-bond donors (Lipinski definition) is 0. The van der Waals surface area contributed by atoms with Crippen LogP contribution < -0.4 is 0 Å². The zero-order chi connectivity index (χ0) is 39.6. The van der Waals surface area contributed by atoms with Crippen molar-refractivity contribution in [1.82, 2.24) is 19.5 Å². The van der Waals surface area contributed by atoms with E-state index in [4.69, 9.17) is 19.4 Å². The van der Waals surface area contributed by atoms with Gasteiger partial charge in [0, 0.05) is 44.3 Å². The molecular formula is C55H36N4O. The average Bonchev–Trinajstić information content (AvgIpc) is 3.86. The van der Waals surface area contributed by atoms with Crippen LogP contribution in [0, 0.1) is 0 Å². The number of hydrogen-bond acceptors (Lipinski definition) is 4. The lowest BCUT2D eigenvalue weighted by molar-refractivity contribution is 0.669. The number of nitrogens with zero attached hydrogens (tertiary/aromatic N) is 4. The van der Waals surface area contributed by atoms with Crippen LogP contribution in [-0.4, -0.2) is 19.5 Å². The number of benzene rings is 8. The molecule has 282 valence electrons. The molecule has 0 aliphatic heterocycles. The number of allylic oxidation sites excluding steroid dienone is 4. The van der Waals surface area contributed by atoms with Gasteiger partial charge in [-0.15, -0.1) is 0 Å². The third kappa shape index (κ3) is 5.74. The van der Waals surface area contributed by atoms with E-state index in [1.165, 1.54) is 43.7 Å². The lowest BCUT2D eigenvalue weighted by Gasteiger charge is -2.14. The van der Waals surface area contributed by atoms with Crippen molar-refractivity contribution in [3.63, 3.8) is 0 Å². The summed E-state index contributed by atoms with van der Waals surface area (Å²) in [5, 5.41) is 7.06. The lowest BCUT2D eigenvalue weighted by atomic mass is 9.98. The van der Waals surface area contributed by atoms with Gasteiger partial charge >= 0.3 is 0 Å². The molecule has 0 amide bonds. The minimum Gasteiger partial charge on any atom is -0.456 e. The van der Waals surface area contributed by atoms with Crippen molar-refractivity contribution >= 4 is 54.5 Å². The number of rotatable bonds is 6. The highest BCUT2D eigenvalue weighted by atomic mass is 16.3. The van der Waals surface area contributed by atoms with E-state index in [9.17, 15) is 0 Å². The Labute approximate surface area is 346 Å². The van der Waals surface area contributed by atoms with Crippen LogP contribution in [0.1, 0.15) is 18.2 Å². The van der Waals surface area contributed by atoms with Crippen LogP contribution in [-0.2, 0) is 0 Å². The number of para-hydroxylation sites is 1. The summed E-state index contributed by atoms with van der Waals surface area (Å²) in [6.07, 6.45) is 9.33. The first-order valence-electron chi connectivity index (χ1n) is 20.5. The Hall–Kier alpha value is -7.89. The van der Waals surface area contributed by atoms with Gasteiger partial charge in [0.05, 0.1) is 11.0 Å². The van der Waals surface area contributed by atoms with Gasteiger partial charge in [0.2, 0.25) is 0 Å². The summed E-state index contributed by atoms with van der Waals surface area (Å²) in [6, 6.07) is 62.4. The second-order valence-corrected chi connectivity index (χ2v) is 15.5. The Morgan fingerprint density at radius 3 is 1.97 bits per heavy atom. The molecule has 1 atom stereocenters. The first-order chi connectivity index (χ1) is 29.7. The Morgan fingerprint density at radius 2 is 1.17 bits per heavy atom. The molecule has 60 heavy (non-hydrogen) atoms. The van der Waals surface area contributed by atoms with E-state index in [2.05, 4.69) is 162 Å². The monoisotopic (exact) mass is 768 g/mol. The van der Waals surface area contributed by atoms with Gasteiger partial charge in [-0.05, 0) is 88.0 Å². The van der Waals surface area contributed by atoms with Gasteiger partial charge in [-0.1, -0.05) is 152 Å². The quantitative estimate of drug-likeness (QED) is 0.169. The van der Waals surface area contributed by atoms with Crippen molar-refractivity contribution in [2.24, 2.45) is 0 Å². The van der Waals surface area contributed by atoms with Crippen LogP contribution >= 0.6 is 0 Å². The second-order valence-electron chi connectivity index (χ2n) is 15.5. The Bertz CT molecular complexity index is 3500. The number of fused-ring (bicyclic) bond motifs is 7. The molecule has 0 saturated heterocycles. The Kier molecular flexibility index (Phi) is 7.91. The molecule has 0 radical (unpaired) electrons. The van der Waals surface area contributed by atoms with Crippen molar-refractivity contribution in [2.45, 2.75) is 12.3 Å². The molecule has 8 aromatic carbocycles. The SMILES string of the molecule is C1=CCC(c2nc(-c3ccccc3)nc(-c3cccc4oc5cc(-c6ccc(-c7ccc(-n8c9ccccc9c9cc%10ccccc%10cc98)cc7)cc6)ccc5c34)n2)C=C1. The summed E-state index contributed by atoms with van der Waals surface area (Å²) in [4.78, 5) is 15.1. The van der Waals surface area contributed by atoms with Crippen LogP contribution in [0.15, 0.2) is 205 Å². The van der Waals surface area contributed by atoms with E-state index in [0.29, 0.717) is 11.6 Å². The van der Waals surface area contributed by atoms with E-state index in [-0.39, 0.29) is 5.92 Å². The molecule has 3 heterocycles. The van der Waals surface area contributed by atoms with E-state index in [1.807, 2.05) is 42.5 Å². The molecule has 3 aromatic heterocycles. The molecule has 1 aliphatic rings. The summed E-state index contributed by atoms with van der Waals surface area (Å²) in [5.41, 5.74) is 11.6. The number of furan rings is 1. The van der Waals surface area contributed by atoms with E-state index >= 15 is 0 Å². The lowest BCUT2D eigenvalue weighted by Crippen LogP contribution is -2.07. The fourth-order valence-electron chi connectivity index (χ4n) is 8.95. The maximum absolute atomic E-state index is 6.55. The summed E-state index contributed by atoms with van der Waals surface area (Å²) in [7, 11) is 0. The summed E-state index contributed by atoms with van der Waals surface area (Å²) >= 11 is 0. The normalized spacial score (nSPS) is 14.0. The smallest absolute Gasteiger partial charge is 0.164 e. The molecule has 12 rings (SSSR count). The van der Waals surface area contributed by atoms with Crippen LogP contribution in [0.25, 0.3) is 105 Å². The maximum atomic E-state index is 6.55. The molecule has 0 bridgehead atoms. The van der Waals surface area contributed by atoms with Gasteiger partial charge in [0.1, 0.15) is 17.0 Å². The Balaban J connectivity index is 0.872. The molecule has 5 nitrogen and oxygen atoms in total. The average molecular weight is 769 g/mol. The van der Waals surface area contributed by atoms with Crippen molar-refractivity contribution in [3.05, 3.63) is 206 Å². The molecule has 0 saturated carbocycles. The van der Waals surface area contributed by atoms with Crippen LogP contribution in [0.2, 0.25) is 0 Å². The van der Waals surface area contributed by atoms with Crippen LogP contribution in [0.5, 0.6) is 0 Å². The fourth-order valence-corrected chi connectivity index (χ4v) is 8.95. The van der Waals surface area contributed by atoms with Crippen molar-refractivity contribution in [2.75, 3.05) is 0 Å². The van der Waals surface area contributed by atoms with Gasteiger partial charge < -0.3 is 8.98 Å². The topological polar surface area (TPSA) is 56.7 Å². The highest BCUT2D eigenvalue weighted by Gasteiger charge is 2.21. The molecule has 5 heteroatoms.